The van der Waals surface area contributed by atoms with Gasteiger partial charge in [-0.05, 0) is 18.4 Å². The van der Waals surface area contributed by atoms with E-state index in [9.17, 15) is 14.4 Å². The van der Waals surface area contributed by atoms with Crippen LogP contribution in [-0.4, -0.2) is 36.3 Å². The van der Waals surface area contributed by atoms with Gasteiger partial charge >= 0.3 is 5.97 Å². The standard InChI is InChI=1S/C15H17NO4/c1-20-15(19)12-7-8-13(17)16(14(12)18)10-9-11-5-3-2-4-6-11/h2-6,12H,7-10H2,1H3/t12-/m0/s1. The van der Waals surface area contributed by atoms with Crippen molar-refractivity contribution in [1.82, 2.24) is 4.90 Å². The number of hydrogen-bond donors (Lipinski definition) is 0. The number of hydrogen-bond acceptors (Lipinski definition) is 4. The number of carbonyl (C=O) groups excluding carboxylic acids is 3. The van der Waals surface area contributed by atoms with Gasteiger partial charge in [-0.1, -0.05) is 30.3 Å². The van der Waals surface area contributed by atoms with Gasteiger partial charge in [0.2, 0.25) is 11.8 Å². The first-order chi connectivity index (χ1) is 9.63. The summed E-state index contributed by atoms with van der Waals surface area (Å²) in [5, 5.41) is 0. The van der Waals surface area contributed by atoms with Crippen LogP contribution in [0.5, 0.6) is 0 Å². The predicted octanol–water partition coefficient (Wildman–Crippen LogP) is 1.17. The monoisotopic (exact) mass is 275 g/mol. The van der Waals surface area contributed by atoms with Crippen molar-refractivity contribution < 1.29 is 19.1 Å². The normalized spacial score (nSPS) is 19.1. The lowest BCUT2D eigenvalue weighted by atomic mass is 9.96. The van der Waals surface area contributed by atoms with Gasteiger partial charge in [0.15, 0.2) is 0 Å². The lowest BCUT2D eigenvalue weighted by Crippen LogP contribution is -2.48. The molecule has 1 aromatic rings. The number of esters is 1. The molecule has 5 nitrogen and oxygen atoms in total. The van der Waals surface area contributed by atoms with E-state index in [1.54, 1.807) is 0 Å². The van der Waals surface area contributed by atoms with Crippen LogP contribution in [0.4, 0.5) is 0 Å². The van der Waals surface area contributed by atoms with Crippen LogP contribution < -0.4 is 0 Å². The fourth-order valence-corrected chi connectivity index (χ4v) is 2.32. The Hall–Kier alpha value is -2.17. The average molecular weight is 275 g/mol. The van der Waals surface area contributed by atoms with Gasteiger partial charge in [-0.3, -0.25) is 19.3 Å². The average Bonchev–Trinajstić information content (AvgIpc) is 2.47. The molecule has 0 unspecified atom stereocenters. The van der Waals surface area contributed by atoms with E-state index < -0.39 is 17.8 Å². The van der Waals surface area contributed by atoms with E-state index in [2.05, 4.69) is 4.74 Å². The lowest BCUT2D eigenvalue weighted by Gasteiger charge is -2.29. The van der Waals surface area contributed by atoms with Crippen molar-refractivity contribution in [2.75, 3.05) is 13.7 Å². The van der Waals surface area contributed by atoms with Crippen LogP contribution in [0.15, 0.2) is 30.3 Å². The molecule has 0 spiro atoms. The highest BCUT2D eigenvalue weighted by molar-refractivity contribution is 6.07. The Labute approximate surface area is 117 Å². The van der Waals surface area contributed by atoms with Crippen molar-refractivity contribution in [3.63, 3.8) is 0 Å². The predicted molar refractivity (Wildman–Crippen MR) is 71.6 cm³/mol. The highest BCUT2D eigenvalue weighted by Gasteiger charge is 2.38. The summed E-state index contributed by atoms with van der Waals surface area (Å²) in [6.45, 7) is 0.301. The third-order valence-corrected chi connectivity index (χ3v) is 3.46. The molecular weight excluding hydrogens is 258 g/mol. The van der Waals surface area contributed by atoms with Crippen LogP contribution >= 0.6 is 0 Å². The number of amides is 2. The smallest absolute Gasteiger partial charge is 0.318 e. The number of nitrogens with zero attached hydrogens (tertiary/aromatic N) is 1. The van der Waals surface area contributed by atoms with E-state index in [-0.39, 0.29) is 18.7 Å². The molecule has 5 heteroatoms. The fourth-order valence-electron chi connectivity index (χ4n) is 2.32. The van der Waals surface area contributed by atoms with E-state index in [0.717, 1.165) is 5.56 Å². The molecule has 1 atom stereocenters. The first-order valence-corrected chi connectivity index (χ1v) is 6.59. The van der Waals surface area contributed by atoms with Crippen molar-refractivity contribution in [3.8, 4) is 0 Å². The molecule has 0 aromatic heterocycles. The molecule has 2 rings (SSSR count). The molecule has 0 aliphatic carbocycles. The quantitative estimate of drug-likeness (QED) is 0.470. The molecular formula is C15H17NO4. The van der Waals surface area contributed by atoms with E-state index >= 15 is 0 Å². The Morgan fingerprint density at radius 3 is 2.65 bits per heavy atom. The maximum atomic E-state index is 12.2. The lowest BCUT2D eigenvalue weighted by molar-refractivity contribution is -0.160. The minimum Gasteiger partial charge on any atom is -0.468 e. The van der Waals surface area contributed by atoms with E-state index in [4.69, 9.17) is 0 Å². The maximum absolute atomic E-state index is 12.2. The molecule has 0 saturated carbocycles. The van der Waals surface area contributed by atoms with Gasteiger partial charge in [0, 0.05) is 13.0 Å². The van der Waals surface area contributed by atoms with Crippen molar-refractivity contribution in [1.29, 1.82) is 0 Å². The van der Waals surface area contributed by atoms with Crippen molar-refractivity contribution in [2.45, 2.75) is 19.3 Å². The van der Waals surface area contributed by atoms with E-state index in [0.29, 0.717) is 13.0 Å². The number of rotatable bonds is 4. The summed E-state index contributed by atoms with van der Waals surface area (Å²) in [6, 6.07) is 9.61. The number of imide groups is 1. The third kappa shape index (κ3) is 3.04. The highest BCUT2D eigenvalue weighted by Crippen LogP contribution is 2.20. The third-order valence-electron chi connectivity index (χ3n) is 3.46. The summed E-state index contributed by atoms with van der Waals surface area (Å²) in [6.07, 6.45) is 1.04. The largest absolute Gasteiger partial charge is 0.468 e. The summed E-state index contributed by atoms with van der Waals surface area (Å²) in [5.41, 5.74) is 1.05. The second-order valence-electron chi connectivity index (χ2n) is 4.73. The molecule has 1 fully saturated rings. The zero-order valence-electron chi connectivity index (χ0n) is 11.4. The highest BCUT2D eigenvalue weighted by atomic mass is 16.5. The van der Waals surface area contributed by atoms with Gasteiger partial charge in [0.05, 0.1) is 7.11 Å². The fraction of sp³-hybridized carbons (Fsp3) is 0.400. The van der Waals surface area contributed by atoms with Gasteiger partial charge in [-0.15, -0.1) is 0 Å². The van der Waals surface area contributed by atoms with Crippen LogP contribution in [0.3, 0.4) is 0 Å². The minimum atomic E-state index is -0.839. The van der Waals surface area contributed by atoms with Gasteiger partial charge in [-0.25, -0.2) is 0 Å². The molecule has 1 aliphatic heterocycles. The molecule has 20 heavy (non-hydrogen) atoms. The number of piperidine rings is 1. The van der Waals surface area contributed by atoms with Crippen LogP contribution in [0, 0.1) is 5.92 Å². The van der Waals surface area contributed by atoms with Crippen molar-refractivity contribution >= 4 is 17.8 Å². The molecule has 0 bridgehead atoms. The second-order valence-corrected chi connectivity index (χ2v) is 4.73. The van der Waals surface area contributed by atoms with Crippen LogP contribution in [0.2, 0.25) is 0 Å². The Bertz CT molecular complexity index is 512. The van der Waals surface area contributed by atoms with E-state index in [1.807, 2.05) is 30.3 Å². The van der Waals surface area contributed by atoms with Crippen molar-refractivity contribution in [2.24, 2.45) is 5.92 Å². The van der Waals surface area contributed by atoms with E-state index in [1.165, 1.54) is 12.0 Å². The molecule has 1 aliphatic rings. The first kappa shape index (κ1) is 14.2. The van der Waals surface area contributed by atoms with Crippen LogP contribution in [0.1, 0.15) is 18.4 Å². The topological polar surface area (TPSA) is 63.7 Å². The number of methoxy groups -OCH3 is 1. The molecule has 2 amide bonds. The first-order valence-electron chi connectivity index (χ1n) is 6.59. The molecule has 1 saturated heterocycles. The molecule has 106 valence electrons. The summed E-state index contributed by atoms with van der Waals surface area (Å²) >= 11 is 0. The number of likely N-dealkylation sites (tertiary alicyclic amines) is 1. The molecule has 1 heterocycles. The number of benzene rings is 1. The zero-order chi connectivity index (χ0) is 14.5. The van der Waals surface area contributed by atoms with Gasteiger partial charge in [0.1, 0.15) is 5.92 Å². The molecule has 0 radical (unpaired) electrons. The van der Waals surface area contributed by atoms with Crippen molar-refractivity contribution in [3.05, 3.63) is 35.9 Å². The summed E-state index contributed by atoms with van der Waals surface area (Å²) in [5.74, 6) is -2.06. The Kier molecular flexibility index (Phi) is 4.50. The molecule has 0 N–H and O–H groups in total. The summed E-state index contributed by atoms with van der Waals surface area (Å²) in [4.78, 5) is 36.7. The van der Waals surface area contributed by atoms with Gasteiger partial charge in [0.25, 0.3) is 0 Å². The maximum Gasteiger partial charge on any atom is 0.318 e. The number of ether oxygens (including phenoxy) is 1. The van der Waals surface area contributed by atoms with Gasteiger partial charge < -0.3 is 4.74 Å². The SMILES string of the molecule is COC(=O)[C@H]1CCC(=O)N(CCc2ccccc2)C1=O. The minimum absolute atomic E-state index is 0.209. The summed E-state index contributed by atoms with van der Waals surface area (Å²) in [7, 11) is 1.25. The number of carbonyl (C=O) groups is 3. The summed E-state index contributed by atoms with van der Waals surface area (Å²) < 4.78 is 4.61. The second kappa shape index (κ2) is 6.32. The van der Waals surface area contributed by atoms with Crippen LogP contribution in [-0.2, 0) is 25.5 Å². The zero-order valence-corrected chi connectivity index (χ0v) is 11.4. The Morgan fingerprint density at radius 1 is 1.30 bits per heavy atom. The van der Waals surface area contributed by atoms with Gasteiger partial charge in [-0.2, -0.15) is 0 Å². The Balaban J connectivity index is 2.03. The van der Waals surface area contributed by atoms with Crippen LogP contribution in [0.25, 0.3) is 0 Å². The molecule has 1 aromatic carbocycles. The Morgan fingerprint density at radius 2 is 2.00 bits per heavy atom.